The van der Waals surface area contributed by atoms with Crippen molar-refractivity contribution in [2.24, 2.45) is 0 Å². The number of nitrogens with one attached hydrogen (secondary N) is 1. The van der Waals surface area contributed by atoms with Crippen molar-refractivity contribution in [3.63, 3.8) is 0 Å². The molecule has 0 unspecified atom stereocenters. The molecule has 1 N–H and O–H groups in total. The van der Waals surface area contributed by atoms with E-state index in [2.05, 4.69) is 15.2 Å². The Balaban J connectivity index is 2.41. The Bertz CT molecular complexity index is 407. The molecule has 2 rings (SSSR count). The molecular formula is C8H8ClN3O. The van der Waals surface area contributed by atoms with Crippen molar-refractivity contribution in [1.29, 1.82) is 0 Å². The van der Waals surface area contributed by atoms with Crippen molar-refractivity contribution < 1.29 is 4.42 Å². The molecule has 2 aromatic rings. The number of halogens is 1. The molecule has 2 aromatic heterocycles. The van der Waals surface area contributed by atoms with Gasteiger partial charge in [0, 0.05) is 0 Å². The molecular weight excluding hydrogens is 190 g/mol. The predicted octanol–water partition coefficient (Wildman–Crippen LogP) is 2.11. The van der Waals surface area contributed by atoms with E-state index >= 15 is 0 Å². The highest BCUT2D eigenvalue weighted by molar-refractivity contribution is 6.16. The Morgan fingerprint density at radius 1 is 1.62 bits per heavy atom. The van der Waals surface area contributed by atoms with Gasteiger partial charge in [0.25, 0.3) is 0 Å². The van der Waals surface area contributed by atoms with Crippen LogP contribution in [0, 0.1) is 6.92 Å². The van der Waals surface area contributed by atoms with Crippen molar-refractivity contribution in [3.05, 3.63) is 23.7 Å². The number of alkyl halides is 1. The van der Waals surface area contributed by atoms with Crippen LogP contribution in [0.1, 0.15) is 11.4 Å². The van der Waals surface area contributed by atoms with Gasteiger partial charge in [-0.25, -0.2) is 4.98 Å². The first-order valence-corrected chi connectivity index (χ1v) is 4.36. The monoisotopic (exact) mass is 197 g/mol. The van der Waals surface area contributed by atoms with E-state index in [1.165, 1.54) is 0 Å². The highest BCUT2D eigenvalue weighted by Gasteiger charge is 2.10. The molecule has 0 aromatic carbocycles. The molecule has 0 amide bonds. The maximum absolute atomic E-state index is 5.58. The lowest BCUT2D eigenvalue weighted by molar-refractivity contribution is 0.576. The molecule has 2 heterocycles. The highest BCUT2D eigenvalue weighted by atomic mass is 35.5. The minimum atomic E-state index is 0.326. The lowest BCUT2D eigenvalue weighted by Crippen LogP contribution is -1.80. The third-order valence-electron chi connectivity index (χ3n) is 1.72. The highest BCUT2D eigenvalue weighted by Crippen LogP contribution is 2.20. The summed E-state index contributed by atoms with van der Waals surface area (Å²) in [5, 5.41) is 6.69. The van der Waals surface area contributed by atoms with Crippen molar-refractivity contribution >= 4 is 11.6 Å². The number of furan rings is 1. The number of hydrogen-bond donors (Lipinski definition) is 1. The summed E-state index contributed by atoms with van der Waals surface area (Å²) >= 11 is 5.58. The van der Waals surface area contributed by atoms with Crippen LogP contribution in [0.25, 0.3) is 11.6 Å². The molecule has 68 valence electrons. The fraction of sp³-hybridized carbons (Fsp3) is 0.250. The number of aromatic amines is 1. The van der Waals surface area contributed by atoms with Gasteiger partial charge >= 0.3 is 0 Å². The standard InChI is InChI=1S/C8H8ClN3O/c1-5-2-3-13-7(5)8-10-6(4-9)11-12-8/h2-3H,4H2,1H3,(H,10,11,12). The van der Waals surface area contributed by atoms with Gasteiger partial charge in [0.05, 0.1) is 12.1 Å². The van der Waals surface area contributed by atoms with E-state index < -0.39 is 0 Å². The molecule has 5 heteroatoms. The van der Waals surface area contributed by atoms with E-state index in [0.29, 0.717) is 23.3 Å². The number of aromatic nitrogens is 3. The minimum Gasteiger partial charge on any atom is -0.461 e. The minimum absolute atomic E-state index is 0.326. The molecule has 13 heavy (non-hydrogen) atoms. The average molecular weight is 198 g/mol. The molecule has 0 radical (unpaired) electrons. The van der Waals surface area contributed by atoms with E-state index in [9.17, 15) is 0 Å². The third kappa shape index (κ3) is 1.45. The quantitative estimate of drug-likeness (QED) is 0.751. The van der Waals surface area contributed by atoms with E-state index in [1.54, 1.807) is 6.26 Å². The maximum atomic E-state index is 5.58. The maximum Gasteiger partial charge on any atom is 0.217 e. The first kappa shape index (κ1) is 8.31. The summed E-state index contributed by atoms with van der Waals surface area (Å²) in [6.07, 6.45) is 1.61. The van der Waals surface area contributed by atoms with E-state index in [1.807, 2.05) is 13.0 Å². The van der Waals surface area contributed by atoms with Crippen molar-refractivity contribution in [3.8, 4) is 11.6 Å². The molecule has 4 nitrogen and oxygen atoms in total. The molecule has 0 aliphatic rings. The van der Waals surface area contributed by atoms with Gasteiger partial charge in [0.1, 0.15) is 5.82 Å². The van der Waals surface area contributed by atoms with Gasteiger partial charge in [0.2, 0.25) is 5.82 Å². The van der Waals surface area contributed by atoms with Crippen LogP contribution in [0.15, 0.2) is 16.7 Å². The molecule has 0 bridgehead atoms. The fourth-order valence-electron chi connectivity index (χ4n) is 1.06. The zero-order valence-electron chi connectivity index (χ0n) is 7.04. The van der Waals surface area contributed by atoms with Crippen LogP contribution in [0.2, 0.25) is 0 Å². The van der Waals surface area contributed by atoms with E-state index in [0.717, 1.165) is 5.56 Å². The predicted molar refractivity (Wildman–Crippen MR) is 48.4 cm³/mol. The van der Waals surface area contributed by atoms with Crippen molar-refractivity contribution in [1.82, 2.24) is 15.2 Å². The van der Waals surface area contributed by atoms with E-state index in [4.69, 9.17) is 16.0 Å². The molecule has 0 spiro atoms. The second-order valence-corrected chi connectivity index (χ2v) is 2.94. The summed E-state index contributed by atoms with van der Waals surface area (Å²) in [7, 11) is 0. The van der Waals surface area contributed by atoms with Crippen LogP contribution in [0.3, 0.4) is 0 Å². The lowest BCUT2D eigenvalue weighted by Gasteiger charge is -1.88. The van der Waals surface area contributed by atoms with Gasteiger partial charge in [-0.05, 0) is 18.6 Å². The van der Waals surface area contributed by atoms with Crippen molar-refractivity contribution in [2.45, 2.75) is 12.8 Å². The summed E-state index contributed by atoms with van der Waals surface area (Å²) in [4.78, 5) is 4.14. The molecule has 0 atom stereocenters. The second kappa shape index (κ2) is 3.22. The van der Waals surface area contributed by atoms with Crippen LogP contribution in [-0.4, -0.2) is 15.2 Å². The Kier molecular flexibility index (Phi) is 2.06. The summed E-state index contributed by atoms with van der Waals surface area (Å²) in [5.41, 5.74) is 1.01. The third-order valence-corrected chi connectivity index (χ3v) is 1.98. The van der Waals surface area contributed by atoms with Crippen LogP contribution in [0.5, 0.6) is 0 Å². The molecule has 0 aliphatic carbocycles. The summed E-state index contributed by atoms with van der Waals surface area (Å²) < 4.78 is 5.22. The van der Waals surface area contributed by atoms with Crippen LogP contribution < -0.4 is 0 Å². The zero-order valence-corrected chi connectivity index (χ0v) is 7.80. The van der Waals surface area contributed by atoms with Crippen molar-refractivity contribution in [2.75, 3.05) is 0 Å². The fourth-order valence-corrected chi connectivity index (χ4v) is 1.18. The number of aryl methyl sites for hydroxylation is 1. The lowest BCUT2D eigenvalue weighted by atomic mass is 10.3. The van der Waals surface area contributed by atoms with Gasteiger partial charge in [0.15, 0.2) is 5.76 Å². The van der Waals surface area contributed by atoms with Crippen LogP contribution in [-0.2, 0) is 5.88 Å². The number of hydrogen-bond acceptors (Lipinski definition) is 3. The Labute approximate surface area is 79.9 Å². The number of H-pyrrole nitrogens is 1. The molecule has 0 saturated heterocycles. The zero-order chi connectivity index (χ0) is 9.26. The molecule has 0 aliphatic heterocycles. The first-order chi connectivity index (χ1) is 6.31. The number of rotatable bonds is 2. The molecule has 0 fully saturated rings. The second-order valence-electron chi connectivity index (χ2n) is 2.67. The van der Waals surface area contributed by atoms with Gasteiger partial charge in [-0.15, -0.1) is 16.7 Å². The van der Waals surface area contributed by atoms with Gasteiger partial charge < -0.3 is 4.42 Å². The van der Waals surface area contributed by atoms with Gasteiger partial charge in [-0.3, -0.25) is 5.10 Å². The summed E-state index contributed by atoms with van der Waals surface area (Å²) in [5.74, 6) is 2.21. The Hall–Kier alpha value is -1.29. The Morgan fingerprint density at radius 2 is 2.46 bits per heavy atom. The summed E-state index contributed by atoms with van der Waals surface area (Å²) in [6.45, 7) is 1.94. The van der Waals surface area contributed by atoms with E-state index in [-0.39, 0.29) is 0 Å². The first-order valence-electron chi connectivity index (χ1n) is 3.83. The smallest absolute Gasteiger partial charge is 0.217 e. The topological polar surface area (TPSA) is 54.7 Å². The largest absolute Gasteiger partial charge is 0.461 e. The number of nitrogens with zero attached hydrogens (tertiary/aromatic N) is 2. The van der Waals surface area contributed by atoms with Gasteiger partial charge in [-0.2, -0.15) is 0 Å². The molecule has 0 saturated carbocycles. The summed E-state index contributed by atoms with van der Waals surface area (Å²) in [6, 6.07) is 1.87. The SMILES string of the molecule is Cc1ccoc1-c1n[nH]c(CCl)n1. The van der Waals surface area contributed by atoms with Crippen LogP contribution >= 0.6 is 11.6 Å². The average Bonchev–Trinajstić information content (AvgIpc) is 2.71. The van der Waals surface area contributed by atoms with Crippen LogP contribution in [0.4, 0.5) is 0 Å². The normalized spacial score (nSPS) is 10.6. The van der Waals surface area contributed by atoms with Gasteiger partial charge in [-0.1, -0.05) is 0 Å². The Morgan fingerprint density at radius 3 is 3.00 bits per heavy atom.